The van der Waals surface area contributed by atoms with Crippen LogP contribution in [0, 0.1) is 0 Å². The summed E-state index contributed by atoms with van der Waals surface area (Å²) in [6.07, 6.45) is 9.44. The Bertz CT molecular complexity index is 193. The van der Waals surface area contributed by atoms with E-state index in [9.17, 15) is 9.59 Å². The van der Waals surface area contributed by atoms with Crippen molar-refractivity contribution < 1.29 is 9.59 Å². The predicted octanol–water partition coefficient (Wildman–Crippen LogP) is 3.02. The Morgan fingerprint density at radius 1 is 0.750 bits per heavy atom. The molecule has 0 aliphatic rings. The van der Waals surface area contributed by atoms with Crippen LogP contribution in [-0.2, 0) is 9.59 Å². The average Bonchev–Trinajstić information content (AvgIpc) is 2.33. The Kier molecular flexibility index (Phi) is 20.8. The van der Waals surface area contributed by atoms with Gasteiger partial charge < -0.3 is 0 Å². The second-order valence-electron chi connectivity index (χ2n) is 3.36. The number of unbranched alkanes of at least 4 members (excludes halogenated alkanes) is 4. The minimum Gasteiger partial charge on any atom is -0.211 e. The third kappa shape index (κ3) is 23.0. The maximum absolute atomic E-state index is 9.63. The summed E-state index contributed by atoms with van der Waals surface area (Å²) in [4.78, 5) is 26.1. The van der Waals surface area contributed by atoms with Gasteiger partial charge in [0.1, 0.15) is 0 Å². The summed E-state index contributed by atoms with van der Waals surface area (Å²) in [5, 5.41) is 0. The second-order valence-corrected chi connectivity index (χ2v) is 3.36. The van der Waals surface area contributed by atoms with E-state index in [4.69, 9.17) is 0 Å². The summed E-state index contributed by atoms with van der Waals surface area (Å²) in [5.74, 6) is 0. The summed E-state index contributed by atoms with van der Waals surface area (Å²) in [6, 6.07) is 0. The third-order valence-corrected chi connectivity index (χ3v) is 1.92. The van der Waals surface area contributed by atoms with E-state index in [1.54, 1.807) is 0 Å². The van der Waals surface area contributed by atoms with Crippen molar-refractivity contribution in [3.05, 3.63) is 0 Å². The lowest BCUT2D eigenvalue weighted by atomic mass is 10.2. The molecule has 16 heavy (non-hydrogen) atoms. The van der Waals surface area contributed by atoms with Gasteiger partial charge >= 0.3 is 0 Å². The van der Waals surface area contributed by atoms with Crippen molar-refractivity contribution in [2.24, 2.45) is 9.98 Å². The number of carbonyl (C=O) groups excluding carboxylic acids is 2. The quantitative estimate of drug-likeness (QED) is 0.363. The first kappa shape index (κ1) is 17.2. The fourth-order valence-electron chi connectivity index (χ4n) is 0.827. The molecule has 0 aromatic heterocycles. The smallest absolute Gasteiger partial charge is 0.211 e. The number of hydrogen-bond donors (Lipinski definition) is 0. The van der Waals surface area contributed by atoms with E-state index in [2.05, 4.69) is 23.8 Å². The normalized spacial score (nSPS) is 8.12. The lowest BCUT2D eigenvalue weighted by Crippen LogP contribution is -1.84. The molecule has 4 nitrogen and oxygen atoms in total. The van der Waals surface area contributed by atoms with Gasteiger partial charge in [0, 0.05) is 0 Å². The van der Waals surface area contributed by atoms with Crippen LogP contribution in [0.4, 0.5) is 0 Å². The van der Waals surface area contributed by atoms with Crippen LogP contribution in [0.15, 0.2) is 9.98 Å². The molecule has 0 radical (unpaired) electrons. The van der Waals surface area contributed by atoms with E-state index < -0.39 is 0 Å². The largest absolute Gasteiger partial charge is 0.234 e. The van der Waals surface area contributed by atoms with E-state index in [0.717, 1.165) is 25.7 Å². The topological polar surface area (TPSA) is 58.9 Å². The van der Waals surface area contributed by atoms with Crippen LogP contribution in [0.3, 0.4) is 0 Å². The van der Waals surface area contributed by atoms with Gasteiger partial charge in [0.15, 0.2) is 0 Å². The molecule has 0 aromatic carbocycles. The van der Waals surface area contributed by atoms with Crippen LogP contribution in [0.25, 0.3) is 0 Å². The van der Waals surface area contributed by atoms with E-state index >= 15 is 0 Å². The fraction of sp³-hybridized carbons (Fsp3) is 0.833. The van der Waals surface area contributed by atoms with Gasteiger partial charge in [-0.3, -0.25) is 0 Å². The fourth-order valence-corrected chi connectivity index (χ4v) is 0.827. The Balaban J connectivity index is 0. The van der Waals surface area contributed by atoms with Crippen molar-refractivity contribution in [2.75, 3.05) is 13.1 Å². The number of rotatable bonds is 8. The highest BCUT2D eigenvalue weighted by atomic mass is 16.1. The van der Waals surface area contributed by atoms with E-state index in [1.165, 1.54) is 25.0 Å². The SMILES string of the molecule is CCCC.O=C=NCCCCCCN=C=O. The highest BCUT2D eigenvalue weighted by Gasteiger charge is 1.87. The second kappa shape index (κ2) is 19.4. The van der Waals surface area contributed by atoms with Crippen molar-refractivity contribution in [2.45, 2.75) is 52.4 Å². The van der Waals surface area contributed by atoms with Gasteiger partial charge in [-0.2, -0.15) is 0 Å². The monoisotopic (exact) mass is 226 g/mol. The first-order valence-electron chi connectivity index (χ1n) is 5.90. The molecule has 92 valence electrons. The molecule has 0 aliphatic heterocycles. The minimum absolute atomic E-state index is 0.556. The average molecular weight is 226 g/mol. The molecule has 0 fully saturated rings. The highest BCUT2D eigenvalue weighted by Crippen LogP contribution is 1.99. The number of isocyanates is 2. The summed E-state index contributed by atoms with van der Waals surface area (Å²) >= 11 is 0. The number of hydrogen-bond acceptors (Lipinski definition) is 4. The van der Waals surface area contributed by atoms with Gasteiger partial charge in [-0.05, 0) is 12.8 Å². The summed E-state index contributed by atoms with van der Waals surface area (Å²) in [7, 11) is 0. The Morgan fingerprint density at radius 2 is 1.12 bits per heavy atom. The molecule has 0 unspecified atom stereocenters. The van der Waals surface area contributed by atoms with Crippen molar-refractivity contribution in [1.29, 1.82) is 0 Å². The van der Waals surface area contributed by atoms with Gasteiger partial charge in [0.25, 0.3) is 0 Å². The molecule has 0 bridgehead atoms. The minimum atomic E-state index is 0.556. The van der Waals surface area contributed by atoms with Gasteiger partial charge in [-0.1, -0.05) is 39.5 Å². The van der Waals surface area contributed by atoms with Crippen LogP contribution in [-0.4, -0.2) is 25.2 Å². The van der Waals surface area contributed by atoms with Crippen LogP contribution < -0.4 is 0 Å². The zero-order valence-electron chi connectivity index (χ0n) is 10.4. The maximum atomic E-state index is 9.63. The van der Waals surface area contributed by atoms with Gasteiger partial charge in [-0.25, -0.2) is 19.6 Å². The van der Waals surface area contributed by atoms with Crippen LogP contribution in [0.5, 0.6) is 0 Å². The molecule has 0 rings (SSSR count). The number of nitrogens with zero attached hydrogens (tertiary/aromatic N) is 2. The molecule has 0 heterocycles. The van der Waals surface area contributed by atoms with E-state index in [1.807, 2.05) is 0 Å². The zero-order valence-corrected chi connectivity index (χ0v) is 10.4. The maximum Gasteiger partial charge on any atom is 0.234 e. The summed E-state index contributed by atoms with van der Waals surface area (Å²) in [6.45, 7) is 5.47. The molecule has 0 atom stereocenters. The molecule has 0 spiro atoms. The first-order valence-corrected chi connectivity index (χ1v) is 5.90. The first-order chi connectivity index (χ1) is 7.83. The standard InChI is InChI=1S/C8H12N2O2.C4H10/c11-7-9-5-3-1-2-4-6-10-8-12;1-3-4-2/h1-6H2;3-4H2,1-2H3. The Hall–Kier alpha value is -1.24. The molecule has 0 amide bonds. The molecule has 0 aliphatic carbocycles. The molecule has 0 aromatic rings. The van der Waals surface area contributed by atoms with Crippen molar-refractivity contribution >= 4 is 12.2 Å². The van der Waals surface area contributed by atoms with Crippen molar-refractivity contribution in [3.63, 3.8) is 0 Å². The van der Waals surface area contributed by atoms with E-state index in [0.29, 0.717) is 13.1 Å². The zero-order chi connectivity index (χ0) is 12.5. The van der Waals surface area contributed by atoms with Gasteiger partial charge in [0.2, 0.25) is 12.2 Å². The molecule has 0 saturated heterocycles. The van der Waals surface area contributed by atoms with Crippen LogP contribution in [0.1, 0.15) is 52.4 Å². The molecule has 0 N–H and O–H groups in total. The summed E-state index contributed by atoms with van der Waals surface area (Å²) < 4.78 is 0. The van der Waals surface area contributed by atoms with Crippen molar-refractivity contribution in [3.8, 4) is 0 Å². The Morgan fingerprint density at radius 3 is 1.38 bits per heavy atom. The molecular formula is C12H22N2O2. The highest BCUT2D eigenvalue weighted by molar-refractivity contribution is 5.32. The predicted molar refractivity (Wildman–Crippen MR) is 65.0 cm³/mol. The van der Waals surface area contributed by atoms with Crippen LogP contribution >= 0.6 is 0 Å². The Labute approximate surface area is 97.9 Å². The lowest BCUT2D eigenvalue weighted by molar-refractivity contribution is 0.558. The summed E-state index contributed by atoms with van der Waals surface area (Å²) in [5.41, 5.74) is 0. The molecule has 4 heteroatoms. The molecular weight excluding hydrogens is 204 g/mol. The third-order valence-electron chi connectivity index (χ3n) is 1.92. The van der Waals surface area contributed by atoms with Crippen LogP contribution in [0.2, 0.25) is 0 Å². The molecule has 0 saturated carbocycles. The van der Waals surface area contributed by atoms with Crippen molar-refractivity contribution in [1.82, 2.24) is 0 Å². The van der Waals surface area contributed by atoms with Gasteiger partial charge in [0.05, 0.1) is 13.1 Å². The van der Waals surface area contributed by atoms with E-state index in [-0.39, 0.29) is 0 Å². The number of aliphatic imine (C=N–C) groups is 2. The lowest BCUT2D eigenvalue weighted by Gasteiger charge is -1.93. The van der Waals surface area contributed by atoms with Gasteiger partial charge in [-0.15, -0.1) is 0 Å².